The predicted octanol–water partition coefficient (Wildman–Crippen LogP) is 11.5. The van der Waals surface area contributed by atoms with E-state index in [1.807, 2.05) is 0 Å². The Morgan fingerprint density at radius 1 is 0.341 bits per heavy atom. The van der Waals surface area contributed by atoms with Crippen LogP contribution in [-0.2, 0) is 0 Å². The number of rotatable bonds is 2. The summed E-state index contributed by atoms with van der Waals surface area (Å²) in [5.41, 5.74) is 6.89. The molecule has 1 nitrogen and oxygen atoms in total. The van der Waals surface area contributed by atoms with E-state index in [4.69, 9.17) is 4.42 Å². The summed E-state index contributed by atoms with van der Waals surface area (Å²) in [6, 6.07) is 52.6. The molecule has 0 aliphatic rings. The fourth-order valence-electron chi connectivity index (χ4n) is 6.82. The highest BCUT2D eigenvalue weighted by Gasteiger charge is 2.20. The Bertz CT molecular complexity index is 2410. The molecule has 0 atom stereocenters. The highest BCUT2D eigenvalue weighted by atomic mass is 16.3. The Morgan fingerprint density at radius 2 is 0.854 bits per heavy atom. The van der Waals surface area contributed by atoms with E-state index in [0.29, 0.717) is 0 Å². The fourth-order valence-corrected chi connectivity index (χ4v) is 6.82. The second-order valence-electron chi connectivity index (χ2n) is 10.9. The summed E-state index contributed by atoms with van der Waals surface area (Å²) in [7, 11) is 0. The van der Waals surface area contributed by atoms with Gasteiger partial charge in [-0.25, -0.2) is 0 Å². The van der Waals surface area contributed by atoms with E-state index in [-0.39, 0.29) is 0 Å². The lowest BCUT2D eigenvalue weighted by atomic mass is 9.84. The van der Waals surface area contributed by atoms with Crippen molar-refractivity contribution in [1.82, 2.24) is 0 Å². The Hall–Kier alpha value is -5.40. The molecule has 0 amide bonds. The molecule has 0 spiro atoms. The molecule has 0 aliphatic heterocycles. The zero-order valence-electron chi connectivity index (χ0n) is 22.3. The molecule has 0 aliphatic carbocycles. The molecule has 0 saturated heterocycles. The van der Waals surface area contributed by atoms with Gasteiger partial charge in [0.2, 0.25) is 0 Å². The SMILES string of the molecule is c1ccc(-c2c3ccccc3c(-c3cc4c5cc6ccccc6cc5oc4c4ccccc34)c3ccccc23)cc1. The monoisotopic (exact) mass is 520 g/mol. The number of furan rings is 1. The van der Waals surface area contributed by atoms with Gasteiger partial charge < -0.3 is 4.42 Å². The number of hydrogen-bond acceptors (Lipinski definition) is 1. The maximum Gasteiger partial charge on any atom is 0.143 e. The first-order valence-corrected chi connectivity index (χ1v) is 14.1. The third-order valence-corrected chi connectivity index (χ3v) is 8.61. The third-order valence-electron chi connectivity index (χ3n) is 8.61. The Labute approximate surface area is 236 Å². The molecular formula is C40H24O. The van der Waals surface area contributed by atoms with Gasteiger partial charge in [-0.15, -0.1) is 0 Å². The van der Waals surface area contributed by atoms with Crippen LogP contribution in [0.25, 0.3) is 87.3 Å². The molecule has 9 aromatic rings. The van der Waals surface area contributed by atoms with E-state index < -0.39 is 0 Å². The van der Waals surface area contributed by atoms with Gasteiger partial charge in [-0.05, 0) is 78.2 Å². The molecule has 0 saturated carbocycles. The maximum atomic E-state index is 6.62. The van der Waals surface area contributed by atoms with Crippen molar-refractivity contribution >= 4 is 65.0 Å². The molecule has 0 bridgehead atoms. The lowest BCUT2D eigenvalue weighted by molar-refractivity contribution is 0.673. The number of benzene rings is 8. The average molecular weight is 521 g/mol. The van der Waals surface area contributed by atoms with Crippen LogP contribution >= 0.6 is 0 Å². The van der Waals surface area contributed by atoms with Crippen LogP contribution in [-0.4, -0.2) is 0 Å². The lowest BCUT2D eigenvalue weighted by Gasteiger charge is -2.19. The molecule has 0 N–H and O–H groups in total. The van der Waals surface area contributed by atoms with Crippen molar-refractivity contribution in [2.75, 3.05) is 0 Å². The Kier molecular flexibility index (Phi) is 4.67. The van der Waals surface area contributed by atoms with E-state index in [0.717, 1.165) is 27.3 Å². The minimum Gasteiger partial charge on any atom is -0.455 e. The van der Waals surface area contributed by atoms with Gasteiger partial charge in [0, 0.05) is 16.2 Å². The van der Waals surface area contributed by atoms with E-state index in [1.54, 1.807) is 0 Å². The first-order valence-electron chi connectivity index (χ1n) is 14.1. The number of hydrogen-bond donors (Lipinski definition) is 0. The van der Waals surface area contributed by atoms with E-state index in [1.165, 1.54) is 60.0 Å². The summed E-state index contributed by atoms with van der Waals surface area (Å²) in [6.07, 6.45) is 0. The average Bonchev–Trinajstić information content (AvgIpc) is 3.40. The summed E-state index contributed by atoms with van der Waals surface area (Å²) < 4.78 is 6.62. The van der Waals surface area contributed by atoms with Crippen molar-refractivity contribution in [2.24, 2.45) is 0 Å². The minimum atomic E-state index is 0.926. The quantitative estimate of drug-likeness (QED) is 0.207. The molecule has 1 heterocycles. The summed E-state index contributed by atoms with van der Waals surface area (Å²) in [5, 5.41) is 12.1. The van der Waals surface area contributed by atoms with Gasteiger partial charge in [0.05, 0.1) is 0 Å². The predicted molar refractivity (Wildman–Crippen MR) is 175 cm³/mol. The standard InChI is InChI=1S/C40H24O/c1-2-12-25(13-3-1)38-29-17-7-9-19-31(29)39(32-20-10-8-18-30(32)38)35-24-36-34-22-26-14-4-5-15-27(26)23-37(34)41-40(36)33-21-11-6-16-28(33)35/h1-24H. The van der Waals surface area contributed by atoms with Crippen molar-refractivity contribution < 1.29 is 4.42 Å². The second-order valence-corrected chi connectivity index (χ2v) is 10.9. The molecule has 0 radical (unpaired) electrons. The van der Waals surface area contributed by atoms with Crippen LogP contribution in [0.2, 0.25) is 0 Å². The van der Waals surface area contributed by atoms with Crippen LogP contribution in [0.1, 0.15) is 0 Å². The molecule has 41 heavy (non-hydrogen) atoms. The maximum absolute atomic E-state index is 6.62. The van der Waals surface area contributed by atoms with Gasteiger partial charge in [-0.1, -0.05) is 127 Å². The zero-order valence-corrected chi connectivity index (χ0v) is 22.3. The molecular weight excluding hydrogens is 496 g/mol. The van der Waals surface area contributed by atoms with Crippen molar-refractivity contribution in [2.45, 2.75) is 0 Å². The summed E-state index contributed by atoms with van der Waals surface area (Å²) >= 11 is 0. The van der Waals surface area contributed by atoms with Crippen molar-refractivity contribution in [3.8, 4) is 22.3 Å². The molecule has 190 valence electrons. The van der Waals surface area contributed by atoms with Crippen LogP contribution in [0.5, 0.6) is 0 Å². The lowest BCUT2D eigenvalue weighted by Crippen LogP contribution is -1.91. The third kappa shape index (κ3) is 3.24. The van der Waals surface area contributed by atoms with Crippen LogP contribution in [0.15, 0.2) is 150 Å². The Morgan fingerprint density at radius 3 is 1.51 bits per heavy atom. The van der Waals surface area contributed by atoms with Gasteiger partial charge >= 0.3 is 0 Å². The Balaban J connectivity index is 1.48. The highest BCUT2D eigenvalue weighted by Crippen LogP contribution is 2.47. The molecule has 8 aromatic carbocycles. The van der Waals surface area contributed by atoms with Gasteiger partial charge in [0.15, 0.2) is 0 Å². The van der Waals surface area contributed by atoms with Crippen molar-refractivity contribution in [3.05, 3.63) is 146 Å². The second kappa shape index (κ2) is 8.55. The van der Waals surface area contributed by atoms with E-state index in [2.05, 4.69) is 146 Å². The molecule has 9 rings (SSSR count). The van der Waals surface area contributed by atoms with Gasteiger partial charge in [-0.3, -0.25) is 0 Å². The first kappa shape index (κ1) is 22.4. The first-order chi connectivity index (χ1) is 20.3. The number of fused-ring (bicyclic) bond motifs is 8. The van der Waals surface area contributed by atoms with E-state index in [9.17, 15) is 0 Å². The highest BCUT2D eigenvalue weighted by molar-refractivity contribution is 6.27. The molecule has 0 fully saturated rings. The van der Waals surface area contributed by atoms with Crippen molar-refractivity contribution in [1.29, 1.82) is 0 Å². The fraction of sp³-hybridized carbons (Fsp3) is 0. The summed E-state index contributed by atoms with van der Waals surface area (Å²) in [5.74, 6) is 0. The topological polar surface area (TPSA) is 13.1 Å². The molecule has 0 unspecified atom stereocenters. The van der Waals surface area contributed by atoms with Crippen LogP contribution in [0, 0.1) is 0 Å². The molecule has 1 aromatic heterocycles. The van der Waals surface area contributed by atoms with Crippen molar-refractivity contribution in [3.63, 3.8) is 0 Å². The van der Waals surface area contributed by atoms with E-state index >= 15 is 0 Å². The van der Waals surface area contributed by atoms with Gasteiger partial charge in [-0.2, -0.15) is 0 Å². The minimum absolute atomic E-state index is 0.926. The largest absolute Gasteiger partial charge is 0.455 e. The van der Waals surface area contributed by atoms with Crippen LogP contribution in [0.4, 0.5) is 0 Å². The summed E-state index contributed by atoms with van der Waals surface area (Å²) in [4.78, 5) is 0. The van der Waals surface area contributed by atoms with Gasteiger partial charge in [0.25, 0.3) is 0 Å². The zero-order chi connectivity index (χ0) is 26.9. The smallest absolute Gasteiger partial charge is 0.143 e. The van der Waals surface area contributed by atoms with Crippen LogP contribution < -0.4 is 0 Å². The van der Waals surface area contributed by atoms with Gasteiger partial charge in [0.1, 0.15) is 11.2 Å². The normalized spacial score (nSPS) is 11.9. The molecule has 1 heteroatoms. The summed E-state index contributed by atoms with van der Waals surface area (Å²) in [6.45, 7) is 0. The van der Waals surface area contributed by atoms with Crippen LogP contribution in [0.3, 0.4) is 0 Å².